The minimum absolute atomic E-state index is 0.00632. The second-order valence-corrected chi connectivity index (χ2v) is 5.61. The van der Waals surface area contributed by atoms with Crippen molar-refractivity contribution in [3.8, 4) is 0 Å². The maximum absolute atomic E-state index is 11.6. The highest BCUT2D eigenvalue weighted by molar-refractivity contribution is 5.92. The summed E-state index contributed by atoms with van der Waals surface area (Å²) in [5.41, 5.74) is 1.97. The molecule has 19 heavy (non-hydrogen) atoms. The molecular formula is C15H23N3O. The number of likely N-dealkylation sites (tertiary alicyclic amines) is 1. The first kappa shape index (κ1) is 13.9. The molecule has 1 aliphatic heterocycles. The van der Waals surface area contributed by atoms with Crippen LogP contribution in [0.1, 0.15) is 20.3 Å². The van der Waals surface area contributed by atoms with Gasteiger partial charge in [-0.1, -0.05) is 13.8 Å². The fourth-order valence-electron chi connectivity index (χ4n) is 2.22. The molecule has 0 aliphatic carbocycles. The van der Waals surface area contributed by atoms with Crippen LogP contribution in [-0.2, 0) is 4.79 Å². The normalized spacial score (nSPS) is 19.7. The molecule has 2 N–H and O–H groups in total. The Morgan fingerprint density at radius 1 is 1.26 bits per heavy atom. The lowest BCUT2D eigenvalue weighted by Gasteiger charge is -2.15. The van der Waals surface area contributed by atoms with Crippen molar-refractivity contribution in [1.82, 2.24) is 4.90 Å². The zero-order valence-electron chi connectivity index (χ0n) is 11.9. The molecule has 2 rings (SSSR count). The third-order valence-electron chi connectivity index (χ3n) is 3.44. The molecule has 1 unspecified atom stereocenters. The minimum Gasteiger partial charge on any atom is -0.381 e. The predicted molar refractivity (Wildman–Crippen MR) is 79.4 cm³/mol. The van der Waals surface area contributed by atoms with Crippen molar-refractivity contribution in [3.05, 3.63) is 24.3 Å². The van der Waals surface area contributed by atoms with E-state index in [2.05, 4.69) is 22.6 Å². The van der Waals surface area contributed by atoms with Gasteiger partial charge in [-0.15, -0.1) is 0 Å². The molecule has 4 nitrogen and oxygen atoms in total. The Morgan fingerprint density at radius 3 is 2.42 bits per heavy atom. The molecule has 1 aromatic carbocycles. The quantitative estimate of drug-likeness (QED) is 0.874. The highest BCUT2D eigenvalue weighted by Gasteiger charge is 2.18. The Kier molecular flexibility index (Phi) is 4.43. The van der Waals surface area contributed by atoms with Crippen LogP contribution in [0.15, 0.2) is 24.3 Å². The van der Waals surface area contributed by atoms with Crippen LogP contribution >= 0.6 is 0 Å². The van der Waals surface area contributed by atoms with Gasteiger partial charge in [-0.25, -0.2) is 0 Å². The zero-order valence-corrected chi connectivity index (χ0v) is 11.9. The number of amides is 1. The molecule has 1 saturated heterocycles. The summed E-state index contributed by atoms with van der Waals surface area (Å²) < 4.78 is 0. The summed E-state index contributed by atoms with van der Waals surface area (Å²) >= 11 is 0. The van der Waals surface area contributed by atoms with Crippen LogP contribution in [0.3, 0.4) is 0 Å². The molecule has 1 aliphatic rings. The summed E-state index contributed by atoms with van der Waals surface area (Å²) in [7, 11) is 2.15. The predicted octanol–water partition coefficient (Wildman–Crippen LogP) is 2.40. The average Bonchev–Trinajstić information content (AvgIpc) is 2.77. The molecule has 1 aromatic rings. The van der Waals surface area contributed by atoms with Crippen molar-refractivity contribution in [2.24, 2.45) is 5.92 Å². The third-order valence-corrected chi connectivity index (χ3v) is 3.44. The van der Waals surface area contributed by atoms with E-state index in [0.717, 1.165) is 24.5 Å². The van der Waals surface area contributed by atoms with Crippen molar-refractivity contribution in [1.29, 1.82) is 0 Å². The van der Waals surface area contributed by atoms with E-state index in [9.17, 15) is 4.79 Å². The van der Waals surface area contributed by atoms with Gasteiger partial charge in [-0.3, -0.25) is 4.79 Å². The first-order valence-corrected chi connectivity index (χ1v) is 6.90. The van der Waals surface area contributed by atoms with Crippen molar-refractivity contribution in [3.63, 3.8) is 0 Å². The maximum atomic E-state index is 11.6. The Hall–Kier alpha value is -1.55. The largest absolute Gasteiger partial charge is 0.381 e. The van der Waals surface area contributed by atoms with Crippen LogP contribution in [0.5, 0.6) is 0 Å². The molecule has 0 aromatic heterocycles. The molecule has 0 saturated carbocycles. The zero-order chi connectivity index (χ0) is 13.8. The van der Waals surface area contributed by atoms with Crippen LogP contribution in [0, 0.1) is 5.92 Å². The molecule has 1 heterocycles. The van der Waals surface area contributed by atoms with Gasteiger partial charge in [0.15, 0.2) is 0 Å². The summed E-state index contributed by atoms with van der Waals surface area (Å²) in [6.45, 7) is 6.02. The van der Waals surface area contributed by atoms with Gasteiger partial charge >= 0.3 is 0 Å². The number of likely N-dealkylation sites (N-methyl/N-ethyl adjacent to an activating group) is 1. The van der Waals surface area contributed by atoms with E-state index in [0.29, 0.717) is 6.04 Å². The number of hydrogen-bond acceptors (Lipinski definition) is 3. The van der Waals surface area contributed by atoms with E-state index < -0.39 is 0 Å². The minimum atomic E-state index is 0.00632. The van der Waals surface area contributed by atoms with E-state index in [4.69, 9.17) is 0 Å². The standard InChI is InChI=1S/C15H23N3O/c1-11(2)15(19)17-13-6-4-12(5-7-13)16-14-8-9-18(3)10-14/h4-7,11,14,16H,8-10H2,1-3H3,(H,17,19). The summed E-state index contributed by atoms with van der Waals surface area (Å²) in [6, 6.07) is 8.46. The highest BCUT2D eigenvalue weighted by Crippen LogP contribution is 2.18. The van der Waals surface area contributed by atoms with Crippen molar-refractivity contribution in [2.75, 3.05) is 30.8 Å². The summed E-state index contributed by atoms with van der Waals surface area (Å²) in [5.74, 6) is 0.0601. The topological polar surface area (TPSA) is 44.4 Å². The van der Waals surface area contributed by atoms with Crippen molar-refractivity contribution in [2.45, 2.75) is 26.3 Å². The van der Waals surface area contributed by atoms with E-state index in [1.165, 1.54) is 6.42 Å². The van der Waals surface area contributed by atoms with Gasteiger partial charge in [0.2, 0.25) is 5.91 Å². The van der Waals surface area contributed by atoms with Crippen molar-refractivity contribution < 1.29 is 4.79 Å². The first-order valence-electron chi connectivity index (χ1n) is 6.90. The van der Waals surface area contributed by atoms with Gasteiger partial charge in [-0.2, -0.15) is 0 Å². The third kappa shape index (κ3) is 3.96. The second kappa shape index (κ2) is 6.06. The fraction of sp³-hybridized carbons (Fsp3) is 0.533. The monoisotopic (exact) mass is 261 g/mol. The van der Waals surface area contributed by atoms with Crippen LogP contribution in [0.2, 0.25) is 0 Å². The van der Waals surface area contributed by atoms with Gasteiger partial charge in [-0.05, 0) is 44.3 Å². The first-order chi connectivity index (χ1) is 9.04. The van der Waals surface area contributed by atoms with Crippen LogP contribution < -0.4 is 10.6 Å². The number of anilines is 2. The van der Waals surface area contributed by atoms with E-state index >= 15 is 0 Å². The molecule has 0 bridgehead atoms. The molecular weight excluding hydrogens is 238 g/mol. The molecule has 0 spiro atoms. The molecule has 104 valence electrons. The van der Waals surface area contributed by atoms with Gasteiger partial charge < -0.3 is 15.5 Å². The van der Waals surface area contributed by atoms with E-state index in [-0.39, 0.29) is 11.8 Å². The van der Waals surface area contributed by atoms with Crippen LogP contribution in [-0.4, -0.2) is 37.0 Å². The highest BCUT2D eigenvalue weighted by atomic mass is 16.1. The Balaban J connectivity index is 1.89. The van der Waals surface area contributed by atoms with Gasteiger partial charge in [0.1, 0.15) is 0 Å². The van der Waals surface area contributed by atoms with Crippen molar-refractivity contribution >= 4 is 17.3 Å². The maximum Gasteiger partial charge on any atom is 0.226 e. The molecule has 4 heteroatoms. The van der Waals surface area contributed by atoms with E-state index in [1.54, 1.807) is 0 Å². The summed E-state index contributed by atoms with van der Waals surface area (Å²) in [6.07, 6.45) is 1.18. The molecule has 0 radical (unpaired) electrons. The number of carbonyl (C=O) groups excluding carboxylic acids is 1. The molecule has 1 amide bonds. The SMILES string of the molecule is CC(C)C(=O)Nc1ccc(NC2CCN(C)C2)cc1. The number of hydrogen-bond donors (Lipinski definition) is 2. The number of nitrogens with zero attached hydrogens (tertiary/aromatic N) is 1. The van der Waals surface area contributed by atoms with Crippen LogP contribution in [0.4, 0.5) is 11.4 Å². The van der Waals surface area contributed by atoms with E-state index in [1.807, 2.05) is 38.1 Å². The Morgan fingerprint density at radius 2 is 1.89 bits per heavy atom. The Labute approximate surface area is 115 Å². The summed E-state index contributed by atoms with van der Waals surface area (Å²) in [4.78, 5) is 13.9. The lowest BCUT2D eigenvalue weighted by Crippen LogP contribution is -2.23. The van der Waals surface area contributed by atoms with Gasteiger partial charge in [0.25, 0.3) is 0 Å². The molecule has 1 atom stereocenters. The lowest BCUT2D eigenvalue weighted by molar-refractivity contribution is -0.118. The van der Waals surface area contributed by atoms with Gasteiger partial charge in [0.05, 0.1) is 0 Å². The number of benzene rings is 1. The number of rotatable bonds is 4. The lowest BCUT2D eigenvalue weighted by atomic mass is 10.2. The second-order valence-electron chi connectivity index (χ2n) is 5.61. The fourth-order valence-corrected chi connectivity index (χ4v) is 2.22. The summed E-state index contributed by atoms with van der Waals surface area (Å²) in [5, 5.41) is 6.41. The Bertz CT molecular complexity index is 428. The smallest absolute Gasteiger partial charge is 0.226 e. The number of carbonyl (C=O) groups is 1. The van der Waals surface area contributed by atoms with Gasteiger partial charge in [0, 0.05) is 29.9 Å². The number of nitrogens with one attached hydrogen (secondary N) is 2. The average molecular weight is 261 g/mol. The molecule has 1 fully saturated rings. The van der Waals surface area contributed by atoms with Crippen LogP contribution in [0.25, 0.3) is 0 Å².